The molecule has 1 atom stereocenters. The number of aryl methyl sites for hydroxylation is 1. The van der Waals surface area contributed by atoms with E-state index in [1.54, 1.807) is 23.7 Å². The van der Waals surface area contributed by atoms with Crippen LogP contribution >= 0.6 is 11.8 Å². The van der Waals surface area contributed by atoms with Gasteiger partial charge in [0.1, 0.15) is 0 Å². The van der Waals surface area contributed by atoms with Crippen LogP contribution in [0.15, 0.2) is 0 Å². The van der Waals surface area contributed by atoms with Gasteiger partial charge in [-0.15, -0.1) is 0 Å². The third-order valence-corrected chi connectivity index (χ3v) is 3.95. The summed E-state index contributed by atoms with van der Waals surface area (Å²) in [5, 5.41) is 6.94. The van der Waals surface area contributed by atoms with Gasteiger partial charge in [0, 0.05) is 13.1 Å². The van der Waals surface area contributed by atoms with Crippen molar-refractivity contribution < 1.29 is 4.79 Å². The highest BCUT2D eigenvalue weighted by molar-refractivity contribution is 7.98. The summed E-state index contributed by atoms with van der Waals surface area (Å²) in [4.78, 5) is 14.1. The summed E-state index contributed by atoms with van der Waals surface area (Å²) < 4.78 is 0. The number of hydrogen-bond acceptors (Lipinski definition) is 4. The van der Waals surface area contributed by atoms with Gasteiger partial charge in [0.2, 0.25) is 0 Å². The van der Waals surface area contributed by atoms with Crippen molar-refractivity contribution in [2.45, 2.75) is 39.2 Å². The van der Waals surface area contributed by atoms with Gasteiger partial charge in [-0.1, -0.05) is 13.3 Å². The molecule has 1 amide bonds. The second-order valence-electron chi connectivity index (χ2n) is 4.76. The molecule has 108 valence electrons. The van der Waals surface area contributed by atoms with Crippen molar-refractivity contribution in [3.63, 3.8) is 0 Å². The van der Waals surface area contributed by atoms with Crippen molar-refractivity contribution in [3.8, 4) is 0 Å². The van der Waals surface area contributed by atoms with Gasteiger partial charge in [-0.2, -0.15) is 16.9 Å². The Morgan fingerprint density at radius 2 is 2.26 bits per heavy atom. The zero-order chi connectivity index (χ0) is 14.4. The van der Waals surface area contributed by atoms with Crippen molar-refractivity contribution in [2.75, 3.05) is 24.8 Å². The number of carbonyl (C=O) groups is 1. The molecule has 1 unspecified atom stereocenters. The van der Waals surface area contributed by atoms with E-state index in [4.69, 9.17) is 5.73 Å². The van der Waals surface area contributed by atoms with E-state index in [0.29, 0.717) is 11.4 Å². The van der Waals surface area contributed by atoms with E-state index in [9.17, 15) is 4.79 Å². The predicted molar refractivity (Wildman–Crippen MR) is 81.5 cm³/mol. The lowest BCUT2D eigenvalue weighted by molar-refractivity contribution is 0.0736. The van der Waals surface area contributed by atoms with Crippen molar-refractivity contribution in [1.82, 2.24) is 15.1 Å². The molecular formula is C13H24N4OS. The molecule has 0 aliphatic carbocycles. The van der Waals surface area contributed by atoms with Crippen LogP contribution in [0.3, 0.4) is 0 Å². The van der Waals surface area contributed by atoms with Crippen LogP contribution in [0.25, 0.3) is 0 Å². The summed E-state index contributed by atoms with van der Waals surface area (Å²) >= 11 is 1.78. The maximum absolute atomic E-state index is 12.3. The molecule has 1 aromatic heterocycles. The van der Waals surface area contributed by atoms with Gasteiger partial charge in [0.25, 0.3) is 5.91 Å². The fourth-order valence-electron chi connectivity index (χ4n) is 1.84. The topological polar surface area (TPSA) is 75.0 Å². The minimum atomic E-state index is -0.107. The summed E-state index contributed by atoms with van der Waals surface area (Å²) in [7, 11) is 1.81. The van der Waals surface area contributed by atoms with E-state index in [1.807, 2.05) is 6.92 Å². The van der Waals surface area contributed by atoms with E-state index in [2.05, 4.69) is 23.4 Å². The van der Waals surface area contributed by atoms with Crippen LogP contribution < -0.4 is 5.73 Å². The number of amides is 1. The van der Waals surface area contributed by atoms with Gasteiger partial charge in [-0.25, -0.2) is 0 Å². The highest BCUT2D eigenvalue weighted by atomic mass is 32.2. The third-order valence-electron chi connectivity index (χ3n) is 3.31. The first-order chi connectivity index (χ1) is 9.02. The zero-order valence-corrected chi connectivity index (χ0v) is 13.0. The smallest absolute Gasteiger partial charge is 0.276 e. The molecule has 0 fully saturated rings. The largest absolute Gasteiger partial charge is 0.395 e. The van der Waals surface area contributed by atoms with Gasteiger partial charge in [0.05, 0.1) is 11.4 Å². The van der Waals surface area contributed by atoms with Crippen LogP contribution in [0.2, 0.25) is 0 Å². The summed E-state index contributed by atoms with van der Waals surface area (Å²) in [6.45, 7) is 4.11. The predicted octanol–water partition coefficient (Wildman–Crippen LogP) is 2.16. The van der Waals surface area contributed by atoms with Crippen LogP contribution in [0, 0.1) is 0 Å². The van der Waals surface area contributed by atoms with Crippen LogP contribution in [0.5, 0.6) is 0 Å². The Morgan fingerprint density at radius 3 is 2.84 bits per heavy atom. The Bertz CT molecular complexity index is 419. The number of rotatable bonds is 7. The maximum atomic E-state index is 12.3. The minimum absolute atomic E-state index is 0.107. The molecule has 0 radical (unpaired) electrons. The Hall–Kier alpha value is -1.17. The maximum Gasteiger partial charge on any atom is 0.276 e. The normalized spacial score (nSPS) is 12.4. The molecule has 0 spiro atoms. The minimum Gasteiger partial charge on any atom is -0.395 e. The van der Waals surface area contributed by atoms with Gasteiger partial charge in [0.15, 0.2) is 5.69 Å². The number of hydrogen-bond donors (Lipinski definition) is 2. The number of aromatic amines is 1. The van der Waals surface area contributed by atoms with Crippen LogP contribution in [-0.4, -0.2) is 46.1 Å². The van der Waals surface area contributed by atoms with E-state index in [1.165, 1.54) is 0 Å². The Balaban J connectivity index is 2.76. The summed E-state index contributed by atoms with van der Waals surface area (Å²) in [5.74, 6) is 0.931. The van der Waals surface area contributed by atoms with Crippen LogP contribution in [-0.2, 0) is 6.42 Å². The van der Waals surface area contributed by atoms with Gasteiger partial charge in [-0.05, 0) is 31.8 Å². The van der Waals surface area contributed by atoms with E-state index in [-0.39, 0.29) is 11.9 Å². The molecule has 1 aromatic rings. The Labute approximate surface area is 119 Å². The van der Waals surface area contributed by atoms with Gasteiger partial charge in [-0.3, -0.25) is 9.89 Å². The molecule has 0 aliphatic heterocycles. The molecule has 0 saturated carbocycles. The number of thioether (sulfide) groups is 1. The summed E-state index contributed by atoms with van der Waals surface area (Å²) in [6, 6.07) is 0.186. The number of nitrogen functional groups attached to an aromatic ring is 1. The number of nitrogens with zero attached hydrogens (tertiary/aromatic N) is 2. The highest BCUT2D eigenvalue weighted by Gasteiger charge is 2.23. The summed E-state index contributed by atoms with van der Waals surface area (Å²) in [5.41, 5.74) is 7.69. The van der Waals surface area contributed by atoms with Crippen LogP contribution in [0.1, 0.15) is 42.9 Å². The molecule has 0 bridgehead atoms. The van der Waals surface area contributed by atoms with Crippen molar-refractivity contribution >= 4 is 23.4 Å². The van der Waals surface area contributed by atoms with Crippen molar-refractivity contribution in [3.05, 3.63) is 11.4 Å². The molecule has 6 heteroatoms. The first kappa shape index (κ1) is 15.9. The Kier molecular flexibility index (Phi) is 6.21. The lowest BCUT2D eigenvalue weighted by atomic mass is 10.1. The molecule has 3 N–H and O–H groups in total. The number of carbonyl (C=O) groups excluding carboxylic acids is 1. The van der Waals surface area contributed by atoms with Gasteiger partial charge < -0.3 is 10.6 Å². The third kappa shape index (κ3) is 3.89. The van der Waals surface area contributed by atoms with E-state index >= 15 is 0 Å². The van der Waals surface area contributed by atoms with E-state index in [0.717, 1.165) is 30.7 Å². The molecule has 0 aromatic carbocycles. The fraction of sp³-hybridized carbons (Fsp3) is 0.692. The second kappa shape index (κ2) is 7.43. The molecule has 0 aliphatic rings. The van der Waals surface area contributed by atoms with E-state index < -0.39 is 0 Å². The SMILES string of the molecule is CCCc1[nH]nc(C(=O)N(C)C(C)CCSC)c1N. The van der Waals surface area contributed by atoms with Crippen LogP contribution in [0.4, 0.5) is 5.69 Å². The average Bonchev–Trinajstić information content (AvgIpc) is 2.76. The number of nitrogens with one attached hydrogen (secondary N) is 1. The lowest BCUT2D eigenvalue weighted by Gasteiger charge is -2.24. The van der Waals surface area contributed by atoms with Gasteiger partial charge >= 0.3 is 0 Å². The number of anilines is 1. The number of H-pyrrole nitrogens is 1. The highest BCUT2D eigenvalue weighted by Crippen LogP contribution is 2.18. The standard InChI is InChI=1S/C13H24N4OS/c1-5-6-10-11(14)12(16-15-10)13(18)17(3)9(2)7-8-19-4/h9H,5-8,14H2,1-4H3,(H,15,16). The average molecular weight is 284 g/mol. The summed E-state index contributed by atoms with van der Waals surface area (Å²) in [6.07, 6.45) is 4.82. The Morgan fingerprint density at radius 1 is 1.58 bits per heavy atom. The molecule has 1 heterocycles. The second-order valence-corrected chi connectivity index (χ2v) is 5.75. The zero-order valence-electron chi connectivity index (χ0n) is 12.2. The quantitative estimate of drug-likeness (QED) is 0.804. The number of aromatic nitrogens is 2. The monoisotopic (exact) mass is 284 g/mol. The molecule has 19 heavy (non-hydrogen) atoms. The van der Waals surface area contributed by atoms with Crippen molar-refractivity contribution in [1.29, 1.82) is 0 Å². The molecule has 0 saturated heterocycles. The molecular weight excluding hydrogens is 260 g/mol. The lowest BCUT2D eigenvalue weighted by Crippen LogP contribution is -2.36. The first-order valence-corrected chi connectivity index (χ1v) is 8.01. The first-order valence-electron chi connectivity index (χ1n) is 6.61. The number of nitrogens with two attached hydrogens (primary N) is 1. The fourth-order valence-corrected chi connectivity index (χ4v) is 2.42. The molecule has 1 rings (SSSR count). The molecule has 5 nitrogen and oxygen atoms in total. The van der Waals surface area contributed by atoms with Crippen molar-refractivity contribution in [2.24, 2.45) is 0 Å².